The summed E-state index contributed by atoms with van der Waals surface area (Å²) in [6.45, 7) is 0.476. The van der Waals surface area contributed by atoms with Crippen LogP contribution in [0.3, 0.4) is 0 Å². The Morgan fingerprint density at radius 3 is 2.34 bits per heavy atom. The Morgan fingerprint density at radius 2 is 1.69 bits per heavy atom. The molecule has 0 unspecified atom stereocenters. The molecule has 0 radical (unpaired) electrons. The van der Waals surface area contributed by atoms with Crippen molar-refractivity contribution in [3.8, 4) is 11.5 Å². The van der Waals surface area contributed by atoms with Gasteiger partial charge in [0, 0.05) is 17.7 Å². The second kappa shape index (κ2) is 10.5. The topological polar surface area (TPSA) is 59.6 Å². The summed E-state index contributed by atoms with van der Waals surface area (Å²) in [7, 11) is 1.51. The van der Waals surface area contributed by atoms with Crippen molar-refractivity contribution in [3.63, 3.8) is 0 Å². The summed E-state index contributed by atoms with van der Waals surface area (Å²) in [5.74, 6) is -0.0622. The summed E-state index contributed by atoms with van der Waals surface area (Å²) in [6.07, 6.45) is -1.32. The van der Waals surface area contributed by atoms with Crippen molar-refractivity contribution >= 4 is 18.1 Å². The van der Waals surface area contributed by atoms with Gasteiger partial charge in [0.2, 0.25) is 0 Å². The first-order valence-corrected chi connectivity index (χ1v) is 9.63. The third-order valence-electron chi connectivity index (χ3n) is 4.40. The lowest BCUT2D eigenvalue weighted by Crippen LogP contribution is -2.36. The molecule has 0 saturated carbocycles. The lowest BCUT2D eigenvalue weighted by molar-refractivity contribution is -0.274. The number of nitrogens with one attached hydrogen (secondary N) is 2. The molecule has 8 heteroatoms. The number of rotatable bonds is 8. The van der Waals surface area contributed by atoms with Gasteiger partial charge in [0.1, 0.15) is 11.5 Å². The molecule has 0 aromatic heterocycles. The first-order valence-electron chi connectivity index (χ1n) is 9.63. The fourth-order valence-corrected chi connectivity index (χ4v) is 2.87. The molecular formula is C24H21F3N2O3. The number of hydrogen-bond donors (Lipinski definition) is 2. The van der Waals surface area contributed by atoms with Crippen LogP contribution in [0.2, 0.25) is 0 Å². The van der Waals surface area contributed by atoms with Crippen LogP contribution < -0.4 is 20.3 Å². The maximum atomic E-state index is 12.5. The maximum Gasteiger partial charge on any atom is 0.573 e. The van der Waals surface area contributed by atoms with E-state index in [1.54, 1.807) is 30.4 Å². The summed E-state index contributed by atoms with van der Waals surface area (Å²) in [5, 5.41) is 0. The Balaban J connectivity index is 1.67. The highest BCUT2D eigenvalue weighted by atomic mass is 19.4. The zero-order valence-corrected chi connectivity index (χ0v) is 17.1. The molecule has 166 valence electrons. The molecule has 1 amide bonds. The Hall–Kier alpha value is -3.78. The Labute approximate surface area is 183 Å². The third-order valence-corrected chi connectivity index (χ3v) is 4.40. The fourth-order valence-electron chi connectivity index (χ4n) is 2.87. The average molecular weight is 442 g/mol. The van der Waals surface area contributed by atoms with Gasteiger partial charge in [0.05, 0.1) is 7.11 Å². The third kappa shape index (κ3) is 6.88. The summed E-state index contributed by atoms with van der Waals surface area (Å²) in [6, 6.07) is 20.0. The van der Waals surface area contributed by atoms with E-state index >= 15 is 0 Å². The molecule has 0 aliphatic heterocycles. The quantitative estimate of drug-likeness (QED) is 0.372. The van der Waals surface area contributed by atoms with Crippen LogP contribution in [0.4, 0.5) is 13.2 Å². The van der Waals surface area contributed by atoms with Crippen LogP contribution in [0.1, 0.15) is 27.0 Å². The van der Waals surface area contributed by atoms with Crippen LogP contribution in [-0.4, -0.2) is 19.4 Å². The van der Waals surface area contributed by atoms with Crippen molar-refractivity contribution in [1.29, 1.82) is 0 Å². The summed E-state index contributed by atoms with van der Waals surface area (Å²) in [4.78, 5) is 12.5. The molecule has 5 nitrogen and oxygen atoms in total. The van der Waals surface area contributed by atoms with E-state index in [1.807, 2.05) is 30.3 Å². The molecule has 32 heavy (non-hydrogen) atoms. The number of carbonyl (C=O) groups is 1. The minimum Gasteiger partial charge on any atom is -0.496 e. The molecule has 3 aromatic carbocycles. The minimum atomic E-state index is -4.73. The van der Waals surface area contributed by atoms with Gasteiger partial charge in [-0.25, -0.2) is 5.43 Å². The molecule has 3 aromatic rings. The zero-order valence-electron chi connectivity index (χ0n) is 17.1. The molecule has 0 bridgehead atoms. The molecule has 0 saturated heterocycles. The predicted molar refractivity (Wildman–Crippen MR) is 116 cm³/mol. The first kappa shape index (κ1) is 22.9. The van der Waals surface area contributed by atoms with E-state index in [1.165, 1.54) is 31.4 Å². The van der Waals surface area contributed by atoms with Gasteiger partial charge >= 0.3 is 6.36 Å². The summed E-state index contributed by atoms with van der Waals surface area (Å²) >= 11 is 0. The number of hydrazine groups is 1. The van der Waals surface area contributed by atoms with Gasteiger partial charge in [-0.3, -0.25) is 10.2 Å². The number of carbonyl (C=O) groups excluding carboxylic acids is 1. The molecule has 0 aliphatic rings. The van der Waals surface area contributed by atoms with Crippen molar-refractivity contribution < 1.29 is 27.4 Å². The maximum absolute atomic E-state index is 12.5. The lowest BCUT2D eigenvalue weighted by Gasteiger charge is -2.10. The second-order valence-electron chi connectivity index (χ2n) is 6.70. The van der Waals surface area contributed by atoms with E-state index in [9.17, 15) is 18.0 Å². The number of methoxy groups -OCH3 is 1. The van der Waals surface area contributed by atoms with Gasteiger partial charge in [-0.2, -0.15) is 0 Å². The highest BCUT2D eigenvalue weighted by molar-refractivity contribution is 5.95. The van der Waals surface area contributed by atoms with E-state index in [4.69, 9.17) is 4.74 Å². The highest BCUT2D eigenvalue weighted by Crippen LogP contribution is 2.25. The molecule has 0 heterocycles. The number of ether oxygens (including phenoxy) is 2. The van der Waals surface area contributed by atoms with Crippen molar-refractivity contribution in [2.45, 2.75) is 12.9 Å². The van der Waals surface area contributed by atoms with E-state index in [-0.39, 0.29) is 11.7 Å². The van der Waals surface area contributed by atoms with Crippen LogP contribution in [0, 0.1) is 0 Å². The monoisotopic (exact) mass is 442 g/mol. The minimum absolute atomic E-state index is 0.297. The second-order valence-corrected chi connectivity index (χ2v) is 6.70. The van der Waals surface area contributed by atoms with Gasteiger partial charge in [-0.05, 0) is 41.5 Å². The van der Waals surface area contributed by atoms with Crippen LogP contribution >= 0.6 is 0 Å². The fraction of sp³-hybridized carbons (Fsp3) is 0.125. The lowest BCUT2D eigenvalue weighted by atomic mass is 10.1. The number of amides is 1. The summed E-state index contributed by atoms with van der Waals surface area (Å²) < 4.78 is 46.0. The number of hydrogen-bond acceptors (Lipinski definition) is 4. The SMILES string of the molecule is COc1ccc(C(=O)NNCc2ccccc2)cc1/C=C/c1ccc(OC(F)(F)F)cc1. The first-order chi connectivity index (χ1) is 15.3. The number of benzene rings is 3. The van der Waals surface area contributed by atoms with E-state index in [2.05, 4.69) is 15.6 Å². The van der Waals surface area contributed by atoms with Crippen molar-refractivity contribution in [2.75, 3.05) is 7.11 Å². The van der Waals surface area contributed by atoms with Gasteiger partial charge in [-0.1, -0.05) is 54.6 Å². The van der Waals surface area contributed by atoms with Gasteiger partial charge in [-0.15, -0.1) is 13.2 Å². The van der Waals surface area contributed by atoms with Crippen molar-refractivity contribution in [1.82, 2.24) is 10.9 Å². The van der Waals surface area contributed by atoms with Gasteiger partial charge < -0.3 is 9.47 Å². The zero-order chi connectivity index (χ0) is 23.0. The predicted octanol–water partition coefficient (Wildman–Crippen LogP) is 5.20. The largest absolute Gasteiger partial charge is 0.573 e. The highest BCUT2D eigenvalue weighted by Gasteiger charge is 2.30. The van der Waals surface area contributed by atoms with E-state index < -0.39 is 6.36 Å². The number of alkyl halides is 3. The van der Waals surface area contributed by atoms with E-state index in [0.29, 0.717) is 29.0 Å². The Morgan fingerprint density at radius 1 is 0.969 bits per heavy atom. The molecule has 0 fully saturated rings. The molecule has 2 N–H and O–H groups in total. The Kier molecular flexibility index (Phi) is 7.51. The van der Waals surface area contributed by atoms with Crippen molar-refractivity contribution in [3.05, 3.63) is 95.1 Å². The van der Waals surface area contributed by atoms with E-state index in [0.717, 1.165) is 5.56 Å². The Bertz CT molecular complexity index is 1070. The molecule has 3 rings (SSSR count). The smallest absolute Gasteiger partial charge is 0.496 e. The molecule has 0 spiro atoms. The standard InChI is InChI=1S/C24H21F3N2O3/c1-31-22-14-11-20(23(30)29-28-16-18-5-3-2-4-6-18)15-19(22)10-7-17-8-12-21(13-9-17)32-24(25,26)27/h2-15,28H,16H2,1H3,(H,29,30)/b10-7+. The van der Waals surface area contributed by atoms with Gasteiger partial charge in [0.15, 0.2) is 0 Å². The van der Waals surface area contributed by atoms with Gasteiger partial charge in [0.25, 0.3) is 5.91 Å². The average Bonchev–Trinajstić information content (AvgIpc) is 2.78. The van der Waals surface area contributed by atoms with Crippen LogP contribution in [0.5, 0.6) is 11.5 Å². The van der Waals surface area contributed by atoms with Crippen molar-refractivity contribution in [2.24, 2.45) is 0 Å². The summed E-state index contributed by atoms with van der Waals surface area (Å²) in [5.41, 5.74) is 8.27. The molecule has 0 aliphatic carbocycles. The molecular weight excluding hydrogens is 421 g/mol. The van der Waals surface area contributed by atoms with Crippen LogP contribution in [0.15, 0.2) is 72.8 Å². The number of halogens is 3. The molecule has 0 atom stereocenters. The van der Waals surface area contributed by atoms with Crippen LogP contribution in [-0.2, 0) is 6.54 Å². The van der Waals surface area contributed by atoms with Crippen LogP contribution in [0.25, 0.3) is 12.2 Å². The normalized spacial score (nSPS) is 11.4.